The molecule has 2 aromatic rings. The number of esters is 1. The molecule has 0 aliphatic heterocycles. The topological polar surface area (TPSA) is 52.1 Å². The molecule has 0 atom stereocenters. The molecule has 0 saturated carbocycles. The number of hydrogen-bond acceptors (Lipinski definition) is 5. The van der Waals surface area contributed by atoms with E-state index in [1.165, 1.54) is 0 Å². The lowest BCUT2D eigenvalue weighted by molar-refractivity contribution is 0.0472. The van der Waals surface area contributed by atoms with Crippen LogP contribution in [-0.2, 0) is 11.3 Å². The number of hydrogen-bond donors (Lipinski definition) is 0. The minimum absolute atomic E-state index is 0.223. The number of ether oxygens (including phenoxy) is 1. The third kappa shape index (κ3) is 2.88. The van der Waals surface area contributed by atoms with Crippen LogP contribution in [0.3, 0.4) is 0 Å². The summed E-state index contributed by atoms with van der Waals surface area (Å²) < 4.78 is 5.16. The van der Waals surface area contributed by atoms with Gasteiger partial charge in [0.2, 0.25) is 0 Å². The standard InChI is InChI=1S/C12H12N2O2S/c1-8-9(2)17-11(14-8)7-16-12(15)10-3-5-13-6-4-10/h3-6H,7H2,1-2H3. The second-order valence-electron chi connectivity index (χ2n) is 3.56. The van der Waals surface area contributed by atoms with Crippen LogP contribution in [0.5, 0.6) is 0 Å². The minimum Gasteiger partial charge on any atom is -0.455 e. The normalized spacial score (nSPS) is 10.2. The molecule has 0 bridgehead atoms. The number of aryl methyl sites for hydroxylation is 2. The van der Waals surface area contributed by atoms with Crippen molar-refractivity contribution < 1.29 is 9.53 Å². The van der Waals surface area contributed by atoms with Crippen molar-refractivity contribution in [2.45, 2.75) is 20.5 Å². The second-order valence-corrected chi connectivity index (χ2v) is 4.85. The fourth-order valence-electron chi connectivity index (χ4n) is 1.30. The van der Waals surface area contributed by atoms with Gasteiger partial charge in [-0.3, -0.25) is 4.98 Å². The van der Waals surface area contributed by atoms with Gasteiger partial charge in [0.15, 0.2) is 0 Å². The van der Waals surface area contributed by atoms with Crippen LogP contribution in [0.4, 0.5) is 0 Å². The highest BCUT2D eigenvalue weighted by atomic mass is 32.1. The van der Waals surface area contributed by atoms with Crippen molar-refractivity contribution in [1.82, 2.24) is 9.97 Å². The molecule has 4 nitrogen and oxygen atoms in total. The van der Waals surface area contributed by atoms with Gasteiger partial charge in [-0.05, 0) is 26.0 Å². The minimum atomic E-state index is -0.349. The summed E-state index contributed by atoms with van der Waals surface area (Å²) in [5.74, 6) is -0.349. The van der Waals surface area contributed by atoms with Gasteiger partial charge in [0, 0.05) is 17.3 Å². The van der Waals surface area contributed by atoms with Gasteiger partial charge >= 0.3 is 5.97 Å². The lowest BCUT2D eigenvalue weighted by Crippen LogP contribution is -2.04. The van der Waals surface area contributed by atoms with E-state index in [9.17, 15) is 4.79 Å². The number of carbonyl (C=O) groups is 1. The summed E-state index contributed by atoms with van der Waals surface area (Å²) in [4.78, 5) is 20.9. The molecular formula is C12H12N2O2S. The van der Waals surface area contributed by atoms with E-state index in [4.69, 9.17) is 4.74 Å². The molecule has 0 aliphatic carbocycles. The van der Waals surface area contributed by atoms with Crippen LogP contribution >= 0.6 is 11.3 Å². The van der Waals surface area contributed by atoms with E-state index in [2.05, 4.69) is 9.97 Å². The average Bonchev–Trinajstić information content (AvgIpc) is 2.67. The highest BCUT2D eigenvalue weighted by molar-refractivity contribution is 7.11. The van der Waals surface area contributed by atoms with E-state index in [0.717, 1.165) is 15.6 Å². The van der Waals surface area contributed by atoms with E-state index in [1.807, 2.05) is 13.8 Å². The number of pyridine rings is 1. The summed E-state index contributed by atoms with van der Waals surface area (Å²) in [6.07, 6.45) is 3.13. The number of carbonyl (C=O) groups excluding carboxylic acids is 1. The van der Waals surface area contributed by atoms with Crippen LogP contribution in [0, 0.1) is 13.8 Å². The van der Waals surface area contributed by atoms with Crippen molar-refractivity contribution in [1.29, 1.82) is 0 Å². The number of rotatable bonds is 3. The van der Waals surface area contributed by atoms with Gasteiger partial charge in [-0.1, -0.05) is 0 Å². The van der Waals surface area contributed by atoms with E-state index >= 15 is 0 Å². The van der Waals surface area contributed by atoms with Crippen LogP contribution in [0.2, 0.25) is 0 Å². The molecule has 2 aromatic heterocycles. The van der Waals surface area contributed by atoms with E-state index < -0.39 is 0 Å². The fourth-order valence-corrected chi connectivity index (χ4v) is 2.15. The summed E-state index contributed by atoms with van der Waals surface area (Å²) in [5, 5.41) is 0.822. The Labute approximate surface area is 103 Å². The highest BCUT2D eigenvalue weighted by Crippen LogP contribution is 2.17. The number of aromatic nitrogens is 2. The van der Waals surface area contributed by atoms with Crippen LogP contribution in [0.25, 0.3) is 0 Å². The average molecular weight is 248 g/mol. The molecule has 2 rings (SSSR count). The molecule has 0 aromatic carbocycles. The second kappa shape index (κ2) is 5.05. The third-order valence-electron chi connectivity index (χ3n) is 2.32. The molecule has 0 saturated heterocycles. The maximum absolute atomic E-state index is 11.6. The van der Waals surface area contributed by atoms with Crippen LogP contribution in [0.15, 0.2) is 24.5 Å². The van der Waals surface area contributed by atoms with Crippen molar-refractivity contribution in [2.75, 3.05) is 0 Å². The van der Waals surface area contributed by atoms with Crippen LogP contribution in [0.1, 0.15) is 25.9 Å². The molecule has 2 heterocycles. The molecule has 0 unspecified atom stereocenters. The Morgan fingerprint density at radius 3 is 2.65 bits per heavy atom. The Morgan fingerprint density at radius 1 is 1.35 bits per heavy atom. The van der Waals surface area contributed by atoms with Gasteiger partial charge in [0.1, 0.15) is 11.6 Å². The monoisotopic (exact) mass is 248 g/mol. The Balaban J connectivity index is 1.97. The van der Waals surface area contributed by atoms with Gasteiger partial charge in [0.05, 0.1) is 11.3 Å². The molecule has 0 fully saturated rings. The Bertz CT molecular complexity index is 503. The Kier molecular flexibility index (Phi) is 3.49. The largest absolute Gasteiger partial charge is 0.455 e. The first kappa shape index (κ1) is 11.7. The molecule has 0 N–H and O–H groups in total. The molecule has 88 valence electrons. The van der Waals surface area contributed by atoms with Crippen LogP contribution < -0.4 is 0 Å². The van der Waals surface area contributed by atoms with Crippen molar-refractivity contribution in [3.05, 3.63) is 45.7 Å². The zero-order chi connectivity index (χ0) is 12.3. The van der Waals surface area contributed by atoms with Gasteiger partial charge in [-0.2, -0.15) is 0 Å². The Hall–Kier alpha value is -1.75. The maximum Gasteiger partial charge on any atom is 0.338 e. The summed E-state index contributed by atoms with van der Waals surface area (Å²) in [6.45, 7) is 4.17. The molecular weight excluding hydrogens is 236 g/mol. The van der Waals surface area contributed by atoms with Crippen LogP contribution in [-0.4, -0.2) is 15.9 Å². The molecule has 0 radical (unpaired) electrons. The van der Waals surface area contributed by atoms with Gasteiger partial charge in [-0.15, -0.1) is 11.3 Å². The predicted molar refractivity (Wildman–Crippen MR) is 64.9 cm³/mol. The third-order valence-corrected chi connectivity index (χ3v) is 3.36. The first-order valence-corrected chi connectivity index (χ1v) is 5.98. The first-order chi connectivity index (χ1) is 8.16. The summed E-state index contributed by atoms with van der Waals surface area (Å²) in [6, 6.07) is 3.25. The predicted octanol–water partition coefficient (Wildman–Crippen LogP) is 2.51. The lowest BCUT2D eigenvalue weighted by atomic mass is 10.3. The molecule has 5 heteroatoms. The van der Waals surface area contributed by atoms with E-state index in [-0.39, 0.29) is 12.6 Å². The molecule has 0 amide bonds. The van der Waals surface area contributed by atoms with Crippen molar-refractivity contribution >= 4 is 17.3 Å². The van der Waals surface area contributed by atoms with Crippen molar-refractivity contribution in [2.24, 2.45) is 0 Å². The SMILES string of the molecule is Cc1nc(COC(=O)c2ccncc2)sc1C. The summed E-state index contributed by atoms with van der Waals surface area (Å²) >= 11 is 1.55. The van der Waals surface area contributed by atoms with Gasteiger partial charge in [0.25, 0.3) is 0 Å². The smallest absolute Gasteiger partial charge is 0.338 e. The zero-order valence-electron chi connectivity index (χ0n) is 9.64. The quantitative estimate of drug-likeness (QED) is 0.783. The van der Waals surface area contributed by atoms with Gasteiger partial charge in [-0.25, -0.2) is 9.78 Å². The fraction of sp³-hybridized carbons (Fsp3) is 0.250. The Morgan fingerprint density at radius 2 is 2.06 bits per heavy atom. The van der Waals surface area contributed by atoms with E-state index in [1.54, 1.807) is 35.9 Å². The number of nitrogens with zero attached hydrogens (tertiary/aromatic N) is 2. The molecule has 0 spiro atoms. The molecule has 17 heavy (non-hydrogen) atoms. The zero-order valence-corrected chi connectivity index (χ0v) is 10.5. The first-order valence-electron chi connectivity index (χ1n) is 5.17. The summed E-state index contributed by atoms with van der Waals surface area (Å²) in [5.41, 5.74) is 1.50. The summed E-state index contributed by atoms with van der Waals surface area (Å²) in [7, 11) is 0. The lowest BCUT2D eigenvalue weighted by Gasteiger charge is -2.01. The van der Waals surface area contributed by atoms with E-state index in [0.29, 0.717) is 5.56 Å². The molecule has 0 aliphatic rings. The van der Waals surface area contributed by atoms with Gasteiger partial charge < -0.3 is 4.74 Å². The highest BCUT2D eigenvalue weighted by Gasteiger charge is 2.09. The maximum atomic E-state index is 11.6. The van der Waals surface area contributed by atoms with Crippen molar-refractivity contribution in [3.63, 3.8) is 0 Å². The van der Waals surface area contributed by atoms with Crippen molar-refractivity contribution in [3.8, 4) is 0 Å². The number of thiazole rings is 1.